The Labute approximate surface area is 112 Å². The Kier molecular flexibility index (Phi) is 5.74. The molecule has 0 spiro atoms. The number of aromatic nitrogens is 2. The van der Waals surface area contributed by atoms with Gasteiger partial charge in [-0.2, -0.15) is 23.5 Å². The molecule has 1 aromatic rings. The maximum atomic E-state index is 4.10. The van der Waals surface area contributed by atoms with Gasteiger partial charge in [-0.05, 0) is 6.42 Å². The van der Waals surface area contributed by atoms with Crippen LogP contribution in [0.4, 0.5) is 0 Å². The Morgan fingerprint density at radius 1 is 1.41 bits per heavy atom. The molecule has 1 aromatic heterocycles. The maximum absolute atomic E-state index is 4.10. The molecule has 1 fully saturated rings. The lowest BCUT2D eigenvalue weighted by atomic mass is 10.2. The van der Waals surface area contributed by atoms with Gasteiger partial charge in [0.1, 0.15) is 0 Å². The lowest BCUT2D eigenvalue weighted by Gasteiger charge is -2.23. The fourth-order valence-corrected chi connectivity index (χ4v) is 4.42. The van der Waals surface area contributed by atoms with E-state index in [2.05, 4.69) is 45.3 Å². The molecule has 0 aromatic carbocycles. The second-order valence-electron chi connectivity index (χ2n) is 4.38. The zero-order chi connectivity index (χ0) is 11.9. The molecule has 2 heterocycles. The molecule has 17 heavy (non-hydrogen) atoms. The minimum absolute atomic E-state index is 0.563. The predicted octanol–water partition coefficient (Wildman–Crippen LogP) is 2.10. The molecule has 0 saturated carbocycles. The number of nitrogens with zero attached hydrogens (tertiary/aromatic N) is 2. The Morgan fingerprint density at radius 3 is 2.76 bits per heavy atom. The largest absolute Gasteiger partial charge is 0.336 e. The highest BCUT2D eigenvalue weighted by Gasteiger charge is 2.16. The van der Waals surface area contributed by atoms with Crippen LogP contribution >= 0.6 is 23.5 Å². The van der Waals surface area contributed by atoms with E-state index < -0.39 is 0 Å². The molecule has 1 aliphatic rings. The van der Waals surface area contributed by atoms with Crippen LogP contribution < -0.4 is 5.32 Å². The normalized spacial score (nSPS) is 20.1. The van der Waals surface area contributed by atoms with Crippen molar-refractivity contribution in [1.82, 2.24) is 14.9 Å². The molecule has 0 aliphatic carbocycles. The molecule has 1 unspecified atom stereocenters. The standard InChI is InChI=1S/C12H21N3S2/c1-2-11(7-15-4-3-13-10-15)14-12-8-16-5-6-17-9-12/h3-4,10-12,14H,2,5-9H2,1H3. The summed E-state index contributed by atoms with van der Waals surface area (Å²) in [6.45, 7) is 3.29. The van der Waals surface area contributed by atoms with Crippen LogP contribution in [0.1, 0.15) is 13.3 Å². The molecule has 3 nitrogen and oxygen atoms in total. The van der Waals surface area contributed by atoms with E-state index >= 15 is 0 Å². The van der Waals surface area contributed by atoms with Crippen LogP contribution in [0, 0.1) is 0 Å². The molecule has 5 heteroatoms. The second-order valence-corrected chi connectivity index (χ2v) is 6.68. The van der Waals surface area contributed by atoms with Gasteiger partial charge in [-0.15, -0.1) is 0 Å². The van der Waals surface area contributed by atoms with E-state index in [0.29, 0.717) is 12.1 Å². The first-order valence-electron chi connectivity index (χ1n) is 6.25. The summed E-state index contributed by atoms with van der Waals surface area (Å²) in [7, 11) is 0. The van der Waals surface area contributed by atoms with Gasteiger partial charge in [-0.3, -0.25) is 0 Å². The lowest BCUT2D eigenvalue weighted by Crippen LogP contribution is -2.43. The summed E-state index contributed by atoms with van der Waals surface area (Å²) in [5.74, 6) is 5.13. The van der Waals surface area contributed by atoms with E-state index in [-0.39, 0.29) is 0 Å². The zero-order valence-corrected chi connectivity index (χ0v) is 12.0. The molecule has 96 valence electrons. The first-order valence-corrected chi connectivity index (χ1v) is 8.56. The van der Waals surface area contributed by atoms with Crippen LogP contribution in [-0.2, 0) is 6.54 Å². The van der Waals surface area contributed by atoms with Crippen molar-refractivity contribution in [2.24, 2.45) is 0 Å². The first-order chi connectivity index (χ1) is 8.38. The summed E-state index contributed by atoms with van der Waals surface area (Å²) >= 11 is 4.16. The molecular weight excluding hydrogens is 250 g/mol. The van der Waals surface area contributed by atoms with E-state index in [1.54, 1.807) is 0 Å². The van der Waals surface area contributed by atoms with Crippen molar-refractivity contribution in [3.8, 4) is 0 Å². The molecule has 0 radical (unpaired) electrons. The van der Waals surface area contributed by atoms with Crippen molar-refractivity contribution in [1.29, 1.82) is 0 Å². The average Bonchev–Trinajstić information content (AvgIpc) is 2.71. The van der Waals surface area contributed by atoms with Crippen molar-refractivity contribution in [2.45, 2.75) is 32.0 Å². The summed E-state index contributed by atoms with van der Waals surface area (Å²) in [4.78, 5) is 4.10. The van der Waals surface area contributed by atoms with Gasteiger partial charge in [0.15, 0.2) is 0 Å². The first kappa shape index (κ1) is 13.3. The molecule has 1 N–H and O–H groups in total. The third kappa shape index (κ3) is 4.56. The summed E-state index contributed by atoms with van der Waals surface area (Å²) in [6, 6.07) is 1.23. The smallest absolute Gasteiger partial charge is 0.0946 e. The molecule has 0 amide bonds. The van der Waals surface area contributed by atoms with Crippen molar-refractivity contribution >= 4 is 23.5 Å². The summed E-state index contributed by atoms with van der Waals surface area (Å²) in [5.41, 5.74) is 0. The van der Waals surface area contributed by atoms with E-state index in [1.165, 1.54) is 29.4 Å². The van der Waals surface area contributed by atoms with Crippen LogP contribution in [0.3, 0.4) is 0 Å². The van der Waals surface area contributed by atoms with Crippen molar-refractivity contribution in [3.63, 3.8) is 0 Å². The van der Waals surface area contributed by atoms with Gasteiger partial charge >= 0.3 is 0 Å². The summed E-state index contributed by atoms with van der Waals surface area (Å²) < 4.78 is 2.16. The third-order valence-electron chi connectivity index (χ3n) is 2.96. The molecule has 2 rings (SSSR count). The van der Waals surface area contributed by atoms with Crippen molar-refractivity contribution in [2.75, 3.05) is 23.0 Å². The number of imidazole rings is 1. The van der Waals surface area contributed by atoms with E-state index in [1.807, 2.05) is 18.7 Å². The minimum atomic E-state index is 0.563. The Hall–Kier alpha value is -0.130. The van der Waals surface area contributed by atoms with E-state index in [0.717, 1.165) is 6.54 Å². The van der Waals surface area contributed by atoms with Gasteiger partial charge in [0.05, 0.1) is 6.33 Å². The number of hydrogen-bond acceptors (Lipinski definition) is 4. The fraction of sp³-hybridized carbons (Fsp3) is 0.750. The molecular formula is C12H21N3S2. The van der Waals surface area contributed by atoms with Gasteiger partial charge in [0.2, 0.25) is 0 Å². The number of rotatable bonds is 5. The van der Waals surface area contributed by atoms with Crippen LogP contribution in [0.2, 0.25) is 0 Å². The third-order valence-corrected chi connectivity index (χ3v) is 5.48. The highest BCUT2D eigenvalue weighted by Crippen LogP contribution is 2.17. The Balaban J connectivity index is 1.81. The Morgan fingerprint density at radius 2 is 2.18 bits per heavy atom. The van der Waals surface area contributed by atoms with Crippen LogP contribution in [0.5, 0.6) is 0 Å². The predicted molar refractivity (Wildman–Crippen MR) is 77.9 cm³/mol. The van der Waals surface area contributed by atoms with Gasteiger partial charge in [0, 0.05) is 54.0 Å². The maximum Gasteiger partial charge on any atom is 0.0946 e. The van der Waals surface area contributed by atoms with Gasteiger partial charge < -0.3 is 9.88 Å². The van der Waals surface area contributed by atoms with E-state index in [4.69, 9.17) is 0 Å². The highest BCUT2D eigenvalue weighted by atomic mass is 32.2. The van der Waals surface area contributed by atoms with Crippen LogP contribution in [0.25, 0.3) is 0 Å². The lowest BCUT2D eigenvalue weighted by molar-refractivity contribution is 0.409. The number of nitrogens with one attached hydrogen (secondary N) is 1. The average molecular weight is 271 g/mol. The monoisotopic (exact) mass is 271 g/mol. The van der Waals surface area contributed by atoms with Gasteiger partial charge in [-0.25, -0.2) is 4.98 Å². The van der Waals surface area contributed by atoms with Gasteiger partial charge in [-0.1, -0.05) is 6.92 Å². The SMILES string of the molecule is CCC(Cn1ccnc1)NC1CSCCSC1. The highest BCUT2D eigenvalue weighted by molar-refractivity contribution is 8.03. The fourth-order valence-electron chi connectivity index (χ4n) is 2.00. The minimum Gasteiger partial charge on any atom is -0.336 e. The molecule has 1 saturated heterocycles. The number of thioether (sulfide) groups is 2. The topological polar surface area (TPSA) is 29.9 Å². The number of hydrogen-bond donors (Lipinski definition) is 1. The second kappa shape index (κ2) is 7.34. The summed E-state index contributed by atoms with van der Waals surface area (Å²) in [5, 5.41) is 3.79. The summed E-state index contributed by atoms with van der Waals surface area (Å²) in [6.07, 6.45) is 6.97. The van der Waals surface area contributed by atoms with E-state index in [9.17, 15) is 0 Å². The van der Waals surface area contributed by atoms with Crippen molar-refractivity contribution in [3.05, 3.63) is 18.7 Å². The van der Waals surface area contributed by atoms with Gasteiger partial charge in [0.25, 0.3) is 0 Å². The van der Waals surface area contributed by atoms with Crippen LogP contribution in [0.15, 0.2) is 18.7 Å². The van der Waals surface area contributed by atoms with Crippen molar-refractivity contribution < 1.29 is 0 Å². The quantitative estimate of drug-likeness (QED) is 0.888. The molecule has 1 aliphatic heterocycles. The Bertz CT molecular complexity index is 295. The molecule has 1 atom stereocenters. The zero-order valence-electron chi connectivity index (χ0n) is 10.3. The molecule has 0 bridgehead atoms. The van der Waals surface area contributed by atoms with Crippen LogP contribution in [-0.4, -0.2) is 44.6 Å².